The maximum atomic E-state index is 15.7. The maximum Gasteiger partial charge on any atom is 0.472 e. The Hall–Kier alpha value is -3.62. The Morgan fingerprint density at radius 2 is 1.79 bits per heavy atom. The molecule has 220 valence electrons. The molecule has 1 aliphatic carbocycles. The van der Waals surface area contributed by atoms with Crippen LogP contribution in [-0.2, 0) is 32.6 Å². The number of nitrogens with one attached hydrogen (secondary N) is 1. The molecule has 8 heterocycles. The SMILES string of the molecule is Nc1nc2c(ncn2[C@@H]2OC3OCC45O[C@@H]6[C@H]4C5(COP(=O)(O)O[C@@H]2[C@@H]3F)O[C@H]6n2cnc3c(N)ncnc32)c(=O)[nH]1. The smallest absolute Gasteiger partial charge is 0.382 e. The van der Waals surface area contributed by atoms with E-state index >= 15 is 4.39 Å². The highest BCUT2D eigenvalue weighted by molar-refractivity contribution is 7.47. The summed E-state index contributed by atoms with van der Waals surface area (Å²) in [5.74, 6) is -0.370. The first-order valence-electron chi connectivity index (χ1n) is 12.7. The fraction of sp³-hybridized carbons (Fsp3) is 0.524. The van der Waals surface area contributed by atoms with E-state index < -0.39 is 68.3 Å². The molecule has 4 saturated heterocycles. The van der Waals surface area contributed by atoms with Crippen LogP contribution in [0.2, 0.25) is 0 Å². The number of aromatic nitrogens is 8. The van der Waals surface area contributed by atoms with E-state index in [0.717, 1.165) is 6.33 Å². The van der Waals surface area contributed by atoms with Crippen LogP contribution in [0, 0.1) is 5.92 Å². The second-order valence-electron chi connectivity index (χ2n) is 10.7. The number of nitrogens with two attached hydrogens (primary N) is 2. The quantitative estimate of drug-likeness (QED) is 0.197. The molecule has 4 aromatic rings. The maximum absolute atomic E-state index is 15.7. The number of anilines is 2. The Bertz CT molecular complexity index is 1920. The van der Waals surface area contributed by atoms with Gasteiger partial charge in [-0.1, -0.05) is 0 Å². The van der Waals surface area contributed by atoms with Crippen molar-refractivity contribution in [2.45, 2.75) is 48.3 Å². The minimum Gasteiger partial charge on any atom is -0.382 e. The van der Waals surface area contributed by atoms with Crippen molar-refractivity contribution in [3.63, 3.8) is 0 Å². The number of phosphoric ester groups is 1. The number of imidazole rings is 2. The van der Waals surface area contributed by atoms with Crippen LogP contribution in [0.25, 0.3) is 22.3 Å². The molecule has 0 aromatic carbocycles. The normalized spacial score (nSPS) is 42.2. The van der Waals surface area contributed by atoms with Crippen molar-refractivity contribution >= 4 is 41.9 Å². The van der Waals surface area contributed by atoms with Crippen LogP contribution in [0.4, 0.5) is 16.2 Å². The highest BCUT2D eigenvalue weighted by Crippen LogP contribution is 2.78. The highest BCUT2D eigenvalue weighted by Gasteiger charge is 2.95. The number of fused-ring (bicyclic) bond motifs is 4. The lowest BCUT2D eigenvalue weighted by Crippen LogP contribution is -2.53. The molecule has 9 rings (SSSR count). The Morgan fingerprint density at radius 3 is 2.62 bits per heavy atom. The molecule has 5 aliphatic rings. The van der Waals surface area contributed by atoms with Gasteiger partial charge in [0.1, 0.15) is 29.2 Å². The summed E-state index contributed by atoms with van der Waals surface area (Å²) in [6, 6.07) is 0. The molecule has 1 saturated carbocycles. The van der Waals surface area contributed by atoms with E-state index in [2.05, 4.69) is 29.9 Å². The van der Waals surface area contributed by atoms with Gasteiger partial charge in [0.05, 0.1) is 31.8 Å². The van der Waals surface area contributed by atoms with Gasteiger partial charge in [0, 0.05) is 0 Å². The lowest BCUT2D eigenvalue weighted by Gasteiger charge is -2.42. The molecule has 4 aliphatic heterocycles. The number of hydrogen-bond donors (Lipinski definition) is 4. The Balaban J connectivity index is 1.04. The molecule has 42 heavy (non-hydrogen) atoms. The van der Waals surface area contributed by atoms with E-state index in [-0.39, 0.29) is 35.5 Å². The van der Waals surface area contributed by atoms with Gasteiger partial charge < -0.3 is 35.3 Å². The number of H-pyrrole nitrogens is 1. The largest absolute Gasteiger partial charge is 0.472 e. The topological polar surface area (TPSA) is 252 Å². The van der Waals surface area contributed by atoms with Gasteiger partial charge in [-0.2, -0.15) is 4.98 Å². The van der Waals surface area contributed by atoms with Crippen molar-refractivity contribution in [1.82, 2.24) is 39.0 Å². The first-order chi connectivity index (χ1) is 20.1. The van der Waals surface area contributed by atoms with E-state index in [0.29, 0.717) is 11.2 Å². The first-order valence-corrected chi connectivity index (χ1v) is 14.2. The van der Waals surface area contributed by atoms with Gasteiger partial charge >= 0.3 is 7.82 Å². The predicted molar refractivity (Wildman–Crippen MR) is 132 cm³/mol. The van der Waals surface area contributed by atoms with E-state index in [1.807, 2.05) is 0 Å². The number of ether oxygens (including phenoxy) is 4. The van der Waals surface area contributed by atoms with Gasteiger partial charge in [-0.15, -0.1) is 0 Å². The lowest BCUT2D eigenvalue weighted by molar-refractivity contribution is -0.287. The summed E-state index contributed by atoms with van der Waals surface area (Å²) < 4.78 is 66.8. The standard InChI is InChI=1S/C21H20FN10O9P/c22-6-9-16(32-5-28-8-14(32)29-19(24)30-15(8)33)38-18(6)36-1-20-11-10(39-20)17(40-21(11,20)2-37-42(34,35)41-9)31-4-27-7-12(23)25-3-26-13(7)31/h3-6,9-11,16-18H,1-2H2,(H,34,35)(H2,23,25,26)(H3,24,29,30,33)/t6-,9+,10+,11+,16+,17+,18?,20?,21?/m0/s1. The Labute approximate surface area is 231 Å². The van der Waals surface area contributed by atoms with Crippen molar-refractivity contribution in [1.29, 1.82) is 0 Å². The number of aromatic amines is 1. The van der Waals surface area contributed by atoms with Gasteiger partial charge in [0.2, 0.25) is 5.95 Å². The third-order valence-electron chi connectivity index (χ3n) is 8.60. The number of alkyl halides is 1. The molecule has 4 unspecified atom stereocenters. The third-order valence-corrected chi connectivity index (χ3v) is 9.56. The van der Waals surface area contributed by atoms with Crippen molar-refractivity contribution in [2.75, 3.05) is 24.7 Å². The predicted octanol–water partition coefficient (Wildman–Crippen LogP) is -1.12. The molecule has 10 atom stereocenters. The van der Waals surface area contributed by atoms with Crippen molar-refractivity contribution < 1.29 is 41.8 Å². The molecule has 0 amide bonds. The zero-order valence-electron chi connectivity index (χ0n) is 21.0. The van der Waals surface area contributed by atoms with Crippen molar-refractivity contribution in [3.05, 3.63) is 29.3 Å². The second kappa shape index (κ2) is 7.85. The summed E-state index contributed by atoms with van der Waals surface area (Å²) in [5.41, 5.74) is 9.27. The molecule has 5 fully saturated rings. The minimum absolute atomic E-state index is 0.0542. The molecule has 21 heteroatoms. The third kappa shape index (κ3) is 2.99. The van der Waals surface area contributed by atoms with Crippen LogP contribution >= 0.6 is 7.82 Å². The molecule has 2 bridgehead atoms. The Morgan fingerprint density at radius 1 is 1.02 bits per heavy atom. The van der Waals surface area contributed by atoms with Gasteiger partial charge in [-0.25, -0.2) is 28.9 Å². The fourth-order valence-corrected chi connectivity index (χ4v) is 7.67. The van der Waals surface area contributed by atoms with Gasteiger partial charge in [-0.05, 0) is 0 Å². The van der Waals surface area contributed by atoms with E-state index in [4.69, 9.17) is 39.5 Å². The molecule has 2 spiro atoms. The molecular formula is C21H20FN10O9P. The van der Waals surface area contributed by atoms with Crippen molar-refractivity contribution in [3.8, 4) is 0 Å². The summed E-state index contributed by atoms with van der Waals surface area (Å²) >= 11 is 0. The fourth-order valence-electron chi connectivity index (χ4n) is 6.72. The van der Waals surface area contributed by atoms with Crippen molar-refractivity contribution in [2.24, 2.45) is 5.92 Å². The van der Waals surface area contributed by atoms with E-state index in [9.17, 15) is 14.3 Å². The van der Waals surface area contributed by atoms with Crippen LogP contribution in [0.3, 0.4) is 0 Å². The molecule has 6 N–H and O–H groups in total. The van der Waals surface area contributed by atoms with Crippen LogP contribution in [0.1, 0.15) is 12.5 Å². The monoisotopic (exact) mass is 606 g/mol. The van der Waals surface area contributed by atoms with Gasteiger partial charge in [-0.3, -0.25) is 28.0 Å². The summed E-state index contributed by atoms with van der Waals surface area (Å²) in [6.07, 6.45) is -4.06. The molecular weight excluding hydrogens is 586 g/mol. The van der Waals surface area contributed by atoms with E-state index in [1.165, 1.54) is 17.2 Å². The molecule has 19 nitrogen and oxygen atoms in total. The summed E-state index contributed by atoms with van der Waals surface area (Å²) in [4.78, 5) is 45.7. The number of rotatable bonds is 2. The van der Waals surface area contributed by atoms with Gasteiger partial charge in [0.25, 0.3) is 5.56 Å². The van der Waals surface area contributed by atoms with Crippen LogP contribution in [0.15, 0.2) is 23.8 Å². The van der Waals surface area contributed by atoms with E-state index in [1.54, 1.807) is 4.57 Å². The minimum atomic E-state index is -4.94. The van der Waals surface area contributed by atoms with Gasteiger partial charge in [0.15, 0.2) is 53.7 Å². The number of phosphoric acid groups is 1. The lowest BCUT2D eigenvalue weighted by atomic mass is 10.0. The molecule has 4 aromatic heterocycles. The average Bonchev–Trinajstić information content (AvgIpc) is 3.53. The van der Waals surface area contributed by atoms with Crippen LogP contribution in [-0.4, -0.2) is 93.0 Å². The Kier molecular flexibility index (Phi) is 4.66. The summed E-state index contributed by atoms with van der Waals surface area (Å²) in [5, 5.41) is 0. The number of nitrogen functional groups attached to an aromatic ring is 2. The van der Waals surface area contributed by atoms with Crippen LogP contribution in [0.5, 0.6) is 0 Å². The molecule has 0 radical (unpaired) electrons. The highest BCUT2D eigenvalue weighted by atomic mass is 31.2. The number of nitrogens with zero attached hydrogens (tertiary/aromatic N) is 7. The summed E-state index contributed by atoms with van der Waals surface area (Å²) in [7, 11) is -4.94. The number of hydrogen-bond acceptors (Lipinski definition) is 15. The zero-order valence-corrected chi connectivity index (χ0v) is 21.9. The average molecular weight is 606 g/mol. The summed E-state index contributed by atoms with van der Waals surface area (Å²) in [6.45, 7) is -0.604. The second-order valence-corrected chi connectivity index (χ2v) is 12.1. The van der Waals surface area contributed by atoms with Crippen LogP contribution < -0.4 is 17.0 Å². The zero-order chi connectivity index (χ0) is 28.8. The number of halogens is 1. The first kappa shape index (κ1) is 24.9.